The lowest BCUT2D eigenvalue weighted by atomic mass is 10.1. The van der Waals surface area contributed by atoms with E-state index in [-0.39, 0.29) is 16.4 Å². The average Bonchev–Trinajstić information content (AvgIpc) is 3.50. The first kappa shape index (κ1) is 23.0. The van der Waals surface area contributed by atoms with Crippen LogP contribution in [0.15, 0.2) is 60.8 Å². The van der Waals surface area contributed by atoms with Gasteiger partial charge in [-0.05, 0) is 29.8 Å². The molecule has 0 spiro atoms. The van der Waals surface area contributed by atoms with E-state index in [1.807, 2.05) is 42.5 Å². The Hall–Kier alpha value is -4.18. The van der Waals surface area contributed by atoms with Crippen molar-refractivity contribution in [1.82, 2.24) is 15.3 Å². The number of benzene rings is 2. The predicted molar refractivity (Wildman–Crippen MR) is 128 cm³/mol. The minimum atomic E-state index is -0.888. The number of rotatable bonds is 8. The first-order valence-electron chi connectivity index (χ1n) is 10.3. The number of ether oxygens (including phenoxy) is 2. The van der Waals surface area contributed by atoms with Crippen LogP contribution in [-0.2, 0) is 16.0 Å². The number of aromatic amines is 1. The number of hydrogen-bond donors (Lipinski definition) is 3. The van der Waals surface area contributed by atoms with Gasteiger partial charge in [-0.1, -0.05) is 41.7 Å². The van der Waals surface area contributed by atoms with Crippen LogP contribution < -0.4 is 15.4 Å². The molecule has 10 heteroatoms. The zero-order valence-corrected chi connectivity index (χ0v) is 19.3. The van der Waals surface area contributed by atoms with Crippen LogP contribution in [-0.4, -0.2) is 48.0 Å². The maximum absolute atomic E-state index is 13.1. The van der Waals surface area contributed by atoms with Crippen LogP contribution in [0.3, 0.4) is 0 Å². The molecule has 9 nitrogen and oxygen atoms in total. The van der Waals surface area contributed by atoms with E-state index in [1.54, 1.807) is 19.2 Å². The number of fused-ring (bicyclic) bond motifs is 1. The fourth-order valence-corrected chi connectivity index (χ4v) is 4.11. The largest absolute Gasteiger partial charge is 0.497 e. The molecule has 0 unspecified atom stereocenters. The van der Waals surface area contributed by atoms with Crippen molar-refractivity contribution in [2.24, 2.45) is 0 Å². The number of hydrogen-bond acceptors (Lipinski definition) is 7. The molecule has 174 valence electrons. The van der Waals surface area contributed by atoms with Crippen molar-refractivity contribution in [2.45, 2.75) is 12.5 Å². The van der Waals surface area contributed by atoms with Gasteiger partial charge in [-0.15, -0.1) is 0 Å². The van der Waals surface area contributed by atoms with Gasteiger partial charge >= 0.3 is 5.97 Å². The molecule has 2 aromatic heterocycles. The number of esters is 1. The van der Waals surface area contributed by atoms with E-state index in [9.17, 15) is 14.4 Å². The summed E-state index contributed by atoms with van der Waals surface area (Å²) < 4.78 is 9.91. The summed E-state index contributed by atoms with van der Waals surface area (Å²) in [7, 11) is 2.84. The topological polar surface area (TPSA) is 122 Å². The predicted octanol–water partition coefficient (Wildman–Crippen LogP) is 3.40. The van der Waals surface area contributed by atoms with E-state index in [2.05, 4.69) is 25.3 Å². The smallest absolute Gasteiger partial charge is 0.349 e. The summed E-state index contributed by atoms with van der Waals surface area (Å²) in [6.45, 7) is 0. The fourth-order valence-electron chi connectivity index (χ4n) is 3.37. The molecule has 0 fully saturated rings. The molecule has 2 aromatic carbocycles. The summed E-state index contributed by atoms with van der Waals surface area (Å²) >= 11 is 0.991. The van der Waals surface area contributed by atoms with Gasteiger partial charge in [0.25, 0.3) is 5.91 Å². The van der Waals surface area contributed by atoms with Crippen LogP contribution in [0.2, 0.25) is 0 Å². The Morgan fingerprint density at radius 3 is 2.62 bits per heavy atom. The molecule has 0 saturated heterocycles. The second kappa shape index (κ2) is 10.2. The standard InChI is InChI=1S/C24H22N4O5S/c1-32-16-8-9-17-15(11-16)12-19(26-17)21(29)27-18(10-14-6-4-3-5-7-14)22(30)28-24-25-13-20(34-24)23(31)33-2/h3-9,11-13,18,26H,10H2,1-2H3,(H,27,29)(H,25,28,30)/t18-/m0/s1. The van der Waals surface area contributed by atoms with Gasteiger partial charge in [0.1, 0.15) is 22.4 Å². The third-order valence-electron chi connectivity index (χ3n) is 5.10. The van der Waals surface area contributed by atoms with Gasteiger partial charge < -0.3 is 25.1 Å². The third kappa shape index (κ3) is 5.24. The molecule has 0 aliphatic heterocycles. The Balaban J connectivity index is 1.54. The van der Waals surface area contributed by atoms with E-state index in [4.69, 9.17) is 4.74 Å². The van der Waals surface area contributed by atoms with E-state index >= 15 is 0 Å². The molecule has 4 rings (SSSR count). The van der Waals surface area contributed by atoms with Crippen LogP contribution in [0.5, 0.6) is 5.75 Å². The first-order chi connectivity index (χ1) is 16.5. The fraction of sp³-hybridized carbons (Fsp3) is 0.167. The zero-order chi connectivity index (χ0) is 24.1. The van der Waals surface area contributed by atoms with Crippen molar-refractivity contribution in [3.63, 3.8) is 0 Å². The molecule has 3 N–H and O–H groups in total. The number of thiazole rings is 1. The number of carbonyl (C=O) groups excluding carboxylic acids is 3. The summed E-state index contributed by atoms with van der Waals surface area (Å²) in [6.07, 6.45) is 1.59. The number of nitrogens with zero attached hydrogens (tertiary/aromatic N) is 1. The molecule has 1 atom stereocenters. The van der Waals surface area contributed by atoms with E-state index in [0.717, 1.165) is 27.8 Å². The molecule has 4 aromatic rings. The van der Waals surface area contributed by atoms with Gasteiger partial charge in [0, 0.05) is 17.3 Å². The lowest BCUT2D eigenvalue weighted by Gasteiger charge is -2.17. The zero-order valence-electron chi connectivity index (χ0n) is 18.5. The number of amides is 2. The summed E-state index contributed by atoms with van der Waals surface area (Å²) in [4.78, 5) is 45.2. The quantitative estimate of drug-likeness (QED) is 0.334. The van der Waals surface area contributed by atoms with Gasteiger partial charge in [0.05, 0.1) is 20.4 Å². The van der Waals surface area contributed by atoms with Crippen molar-refractivity contribution in [3.05, 3.63) is 76.9 Å². The summed E-state index contributed by atoms with van der Waals surface area (Å²) in [6, 6.07) is 15.6. The lowest BCUT2D eigenvalue weighted by Crippen LogP contribution is -2.45. The van der Waals surface area contributed by atoms with E-state index in [0.29, 0.717) is 11.4 Å². The second-order valence-electron chi connectivity index (χ2n) is 7.36. The second-order valence-corrected chi connectivity index (χ2v) is 8.39. The van der Waals surface area contributed by atoms with Gasteiger partial charge in [0.2, 0.25) is 5.91 Å². The normalized spacial score (nSPS) is 11.6. The summed E-state index contributed by atoms with van der Waals surface area (Å²) in [5.41, 5.74) is 1.96. The Labute approximate surface area is 199 Å². The Bertz CT molecular complexity index is 1330. The molecule has 0 saturated carbocycles. The van der Waals surface area contributed by atoms with Gasteiger partial charge in [-0.3, -0.25) is 9.59 Å². The minimum absolute atomic E-state index is 0.232. The number of H-pyrrole nitrogens is 1. The molecule has 0 aliphatic carbocycles. The van der Waals surface area contributed by atoms with Crippen molar-refractivity contribution >= 4 is 45.2 Å². The summed E-state index contributed by atoms with van der Waals surface area (Å²) in [5.74, 6) is -0.751. The summed E-state index contributed by atoms with van der Waals surface area (Å²) in [5, 5.41) is 6.53. The average molecular weight is 479 g/mol. The van der Waals surface area contributed by atoms with Gasteiger partial charge in [0.15, 0.2) is 5.13 Å². The first-order valence-corrected chi connectivity index (χ1v) is 11.1. The highest BCUT2D eigenvalue weighted by Gasteiger charge is 2.24. The number of methoxy groups -OCH3 is 2. The van der Waals surface area contributed by atoms with E-state index in [1.165, 1.54) is 13.3 Å². The number of nitrogens with one attached hydrogen (secondary N) is 3. The lowest BCUT2D eigenvalue weighted by molar-refractivity contribution is -0.118. The van der Waals surface area contributed by atoms with Gasteiger partial charge in [-0.2, -0.15) is 0 Å². The molecule has 0 bridgehead atoms. The minimum Gasteiger partial charge on any atom is -0.497 e. The number of carbonyl (C=O) groups is 3. The van der Waals surface area contributed by atoms with Crippen LogP contribution in [0.4, 0.5) is 5.13 Å². The van der Waals surface area contributed by atoms with Crippen molar-refractivity contribution in [2.75, 3.05) is 19.5 Å². The number of aromatic nitrogens is 2. The third-order valence-corrected chi connectivity index (χ3v) is 5.99. The van der Waals surface area contributed by atoms with Crippen LogP contribution in [0.25, 0.3) is 10.9 Å². The highest BCUT2D eigenvalue weighted by molar-refractivity contribution is 7.17. The number of anilines is 1. The molecule has 0 radical (unpaired) electrons. The molecule has 2 heterocycles. The van der Waals surface area contributed by atoms with E-state index < -0.39 is 23.8 Å². The highest BCUT2D eigenvalue weighted by atomic mass is 32.1. The highest BCUT2D eigenvalue weighted by Crippen LogP contribution is 2.22. The SMILES string of the molecule is COC(=O)c1cnc(NC(=O)[C@H](Cc2ccccc2)NC(=O)c2cc3cc(OC)ccc3[nH]2)s1. The van der Waals surface area contributed by atoms with Crippen LogP contribution >= 0.6 is 11.3 Å². The van der Waals surface area contributed by atoms with Gasteiger partial charge in [-0.25, -0.2) is 9.78 Å². The molecule has 0 aliphatic rings. The van der Waals surface area contributed by atoms with Crippen molar-refractivity contribution < 1.29 is 23.9 Å². The van der Waals surface area contributed by atoms with Crippen molar-refractivity contribution in [1.29, 1.82) is 0 Å². The molecule has 2 amide bonds. The van der Waals surface area contributed by atoms with Crippen LogP contribution in [0, 0.1) is 0 Å². The monoisotopic (exact) mass is 478 g/mol. The molecule has 34 heavy (non-hydrogen) atoms. The Morgan fingerprint density at radius 1 is 1.09 bits per heavy atom. The van der Waals surface area contributed by atoms with Crippen LogP contribution in [0.1, 0.15) is 25.7 Å². The maximum Gasteiger partial charge on any atom is 0.349 e. The Kier molecular flexibility index (Phi) is 6.88. The maximum atomic E-state index is 13.1. The molecular weight excluding hydrogens is 456 g/mol. The van der Waals surface area contributed by atoms with Crippen molar-refractivity contribution in [3.8, 4) is 5.75 Å². The molecular formula is C24H22N4O5S. The Morgan fingerprint density at radius 2 is 1.88 bits per heavy atom.